The Hall–Kier alpha value is -3.24. The van der Waals surface area contributed by atoms with Crippen molar-refractivity contribution in [3.05, 3.63) is 52.4 Å². The van der Waals surface area contributed by atoms with E-state index in [-0.39, 0.29) is 30.3 Å². The number of hydrogen-bond acceptors (Lipinski definition) is 6. The van der Waals surface area contributed by atoms with Gasteiger partial charge in [-0.05, 0) is 65.5 Å². The molecule has 2 amide bonds. The summed E-state index contributed by atoms with van der Waals surface area (Å²) in [6.45, 7) is 4.01. The first kappa shape index (κ1) is 23.5. The molecule has 1 saturated heterocycles. The van der Waals surface area contributed by atoms with Crippen LogP contribution in [0.1, 0.15) is 20.3 Å². The van der Waals surface area contributed by atoms with Crippen LogP contribution < -0.4 is 11.1 Å². The molecule has 1 aliphatic heterocycles. The van der Waals surface area contributed by atoms with Gasteiger partial charge in [0.15, 0.2) is 0 Å². The summed E-state index contributed by atoms with van der Waals surface area (Å²) in [5.41, 5.74) is 7.47. The number of nitrogen functional groups attached to an aromatic ring is 1. The molecule has 3 atom stereocenters. The van der Waals surface area contributed by atoms with Crippen LogP contribution in [0.5, 0.6) is 0 Å². The molecule has 0 bridgehead atoms. The summed E-state index contributed by atoms with van der Waals surface area (Å²) in [5, 5.41) is 4.82. The Morgan fingerprint density at radius 3 is 2.80 bits per heavy atom. The van der Waals surface area contributed by atoms with Crippen molar-refractivity contribution in [3.63, 3.8) is 0 Å². The van der Waals surface area contributed by atoms with Gasteiger partial charge in [0, 0.05) is 16.5 Å². The molecule has 1 aromatic carbocycles. The van der Waals surface area contributed by atoms with Crippen molar-refractivity contribution < 1.29 is 9.59 Å². The number of hydrogen-bond donors (Lipinski definition) is 2. The van der Waals surface area contributed by atoms with Gasteiger partial charge in [0.2, 0.25) is 11.8 Å². The highest BCUT2D eigenvalue weighted by atomic mass is 79.9. The molecule has 5 rings (SSSR count). The van der Waals surface area contributed by atoms with Gasteiger partial charge >= 0.3 is 0 Å². The molecule has 0 unspecified atom stereocenters. The number of pyridine rings is 1. The van der Waals surface area contributed by atoms with Gasteiger partial charge in [-0.1, -0.05) is 24.6 Å². The molecule has 4 aromatic rings. The summed E-state index contributed by atoms with van der Waals surface area (Å²) in [5.74, 6) is 0.446. The standard InChI is InChI=1S/C24H23BrClN7O2/c1-12-8-17(24(35)31-19-5-3-4-18(25)30-19)33(13(12)2)20(34)10-32-16-7-6-14(26)9-15(16)21-22(27)28-11-29-23(21)32/h3-7,9,11-13,17H,8,10H2,1-2H3,(H2,27,28,29)(H,30,31,35)/t12-,13-,17+/m1/s1. The molecule has 0 aliphatic carbocycles. The molecule has 3 aromatic heterocycles. The molecule has 11 heteroatoms. The summed E-state index contributed by atoms with van der Waals surface area (Å²) in [7, 11) is 0. The number of benzene rings is 1. The molecule has 1 fully saturated rings. The van der Waals surface area contributed by atoms with Gasteiger partial charge in [-0.15, -0.1) is 0 Å². The van der Waals surface area contributed by atoms with Crippen LogP contribution in [0.15, 0.2) is 47.3 Å². The first-order valence-corrected chi connectivity index (χ1v) is 12.3. The summed E-state index contributed by atoms with van der Waals surface area (Å²) < 4.78 is 2.42. The van der Waals surface area contributed by atoms with E-state index in [1.165, 1.54) is 6.33 Å². The smallest absolute Gasteiger partial charge is 0.248 e. The number of anilines is 2. The molecule has 9 nitrogen and oxygen atoms in total. The zero-order chi connectivity index (χ0) is 24.9. The molecule has 3 N–H and O–H groups in total. The summed E-state index contributed by atoms with van der Waals surface area (Å²) in [4.78, 5) is 41.4. The van der Waals surface area contributed by atoms with E-state index < -0.39 is 6.04 Å². The summed E-state index contributed by atoms with van der Waals surface area (Å²) in [6.07, 6.45) is 1.94. The lowest BCUT2D eigenvalue weighted by molar-refractivity contribution is -0.139. The normalized spacial score (nSPS) is 20.0. The van der Waals surface area contributed by atoms with E-state index in [0.717, 1.165) is 10.9 Å². The average Bonchev–Trinajstić information content (AvgIpc) is 3.28. The number of halogens is 2. The maximum atomic E-state index is 13.7. The van der Waals surface area contributed by atoms with E-state index in [0.29, 0.717) is 38.7 Å². The van der Waals surface area contributed by atoms with Gasteiger partial charge in [0.1, 0.15) is 40.8 Å². The number of nitrogens with zero attached hydrogens (tertiary/aromatic N) is 5. The molecule has 1 aliphatic rings. The second-order valence-electron chi connectivity index (χ2n) is 8.81. The highest BCUT2D eigenvalue weighted by Crippen LogP contribution is 2.34. The van der Waals surface area contributed by atoms with Gasteiger partial charge in [-0.2, -0.15) is 0 Å². The highest BCUT2D eigenvalue weighted by molar-refractivity contribution is 9.10. The summed E-state index contributed by atoms with van der Waals surface area (Å²) in [6, 6.07) is 9.94. The fraction of sp³-hybridized carbons (Fsp3) is 0.292. The Bertz CT molecular complexity index is 1470. The highest BCUT2D eigenvalue weighted by Gasteiger charge is 2.43. The Morgan fingerprint density at radius 1 is 1.23 bits per heavy atom. The van der Waals surface area contributed by atoms with Crippen molar-refractivity contribution >= 4 is 72.9 Å². The Balaban J connectivity index is 1.49. The van der Waals surface area contributed by atoms with Crippen LogP contribution in [0.4, 0.5) is 11.6 Å². The van der Waals surface area contributed by atoms with Crippen LogP contribution in [-0.4, -0.2) is 48.3 Å². The third-order valence-corrected chi connectivity index (χ3v) is 7.35. The molecular weight excluding hydrogens is 534 g/mol. The molecule has 35 heavy (non-hydrogen) atoms. The predicted molar refractivity (Wildman–Crippen MR) is 139 cm³/mol. The maximum absolute atomic E-state index is 13.7. The minimum Gasteiger partial charge on any atom is -0.383 e. The first-order chi connectivity index (χ1) is 16.7. The SMILES string of the molecule is C[C@@H]1C[C@@H](C(=O)Nc2cccc(Br)n2)N(C(=O)Cn2c3ccc(Cl)cc3c3c(N)ncnc32)[C@@H]1C. The average molecular weight is 557 g/mol. The van der Waals surface area contributed by atoms with Gasteiger partial charge < -0.3 is 20.5 Å². The topological polar surface area (TPSA) is 119 Å². The lowest BCUT2D eigenvalue weighted by atomic mass is 10.0. The Kier molecular flexibility index (Phi) is 6.10. The number of amides is 2. The molecular formula is C24H23BrClN7O2. The van der Waals surface area contributed by atoms with Gasteiger partial charge in [-0.3, -0.25) is 9.59 Å². The Labute approximate surface area is 214 Å². The van der Waals surface area contributed by atoms with E-state index >= 15 is 0 Å². The minimum absolute atomic E-state index is 0.00589. The Morgan fingerprint density at radius 2 is 2.03 bits per heavy atom. The van der Waals surface area contributed by atoms with Gasteiger partial charge in [0.25, 0.3) is 0 Å². The van der Waals surface area contributed by atoms with Crippen molar-refractivity contribution in [1.82, 2.24) is 24.4 Å². The number of fused-ring (bicyclic) bond motifs is 3. The van der Waals surface area contributed by atoms with Crippen molar-refractivity contribution in [2.24, 2.45) is 5.92 Å². The van der Waals surface area contributed by atoms with Gasteiger partial charge in [0.05, 0.1) is 10.9 Å². The maximum Gasteiger partial charge on any atom is 0.248 e. The van der Waals surface area contributed by atoms with E-state index in [1.54, 1.807) is 35.2 Å². The lowest BCUT2D eigenvalue weighted by Gasteiger charge is -2.29. The first-order valence-electron chi connectivity index (χ1n) is 11.2. The number of rotatable bonds is 4. The van der Waals surface area contributed by atoms with E-state index in [9.17, 15) is 9.59 Å². The van der Waals surface area contributed by atoms with E-state index in [1.807, 2.05) is 24.5 Å². The van der Waals surface area contributed by atoms with Crippen LogP contribution >= 0.6 is 27.5 Å². The molecule has 0 radical (unpaired) electrons. The van der Waals surface area contributed by atoms with Crippen molar-refractivity contribution in [1.29, 1.82) is 0 Å². The van der Waals surface area contributed by atoms with Crippen LogP contribution in [0.3, 0.4) is 0 Å². The molecule has 180 valence electrons. The van der Waals surface area contributed by atoms with Crippen molar-refractivity contribution in [3.8, 4) is 0 Å². The van der Waals surface area contributed by atoms with E-state index in [4.69, 9.17) is 17.3 Å². The quantitative estimate of drug-likeness (QED) is 0.363. The lowest BCUT2D eigenvalue weighted by Crippen LogP contribution is -2.47. The second-order valence-corrected chi connectivity index (χ2v) is 10.1. The number of carbonyl (C=O) groups is 2. The summed E-state index contributed by atoms with van der Waals surface area (Å²) >= 11 is 9.55. The number of likely N-dealkylation sites (tertiary alicyclic amines) is 1. The van der Waals surface area contributed by atoms with Crippen LogP contribution in [0.25, 0.3) is 21.9 Å². The third kappa shape index (κ3) is 4.21. The number of carbonyl (C=O) groups excluding carboxylic acids is 2. The predicted octanol–water partition coefficient (Wildman–Crippen LogP) is 4.24. The number of aromatic nitrogens is 4. The number of nitrogens with one attached hydrogen (secondary N) is 1. The van der Waals surface area contributed by atoms with Gasteiger partial charge in [-0.25, -0.2) is 15.0 Å². The van der Waals surface area contributed by atoms with Crippen molar-refractivity contribution in [2.45, 2.75) is 38.9 Å². The van der Waals surface area contributed by atoms with E-state index in [2.05, 4.69) is 36.2 Å². The fourth-order valence-corrected chi connectivity index (χ4v) is 5.35. The molecule has 0 spiro atoms. The second kappa shape index (κ2) is 9.09. The van der Waals surface area contributed by atoms with Crippen LogP contribution in [0.2, 0.25) is 5.02 Å². The monoisotopic (exact) mass is 555 g/mol. The van der Waals surface area contributed by atoms with Crippen LogP contribution in [0, 0.1) is 5.92 Å². The zero-order valence-electron chi connectivity index (χ0n) is 19.1. The van der Waals surface area contributed by atoms with Crippen LogP contribution in [-0.2, 0) is 16.1 Å². The largest absolute Gasteiger partial charge is 0.383 e. The third-order valence-electron chi connectivity index (χ3n) is 6.67. The fourth-order valence-electron chi connectivity index (χ4n) is 4.83. The molecule has 0 saturated carbocycles. The zero-order valence-corrected chi connectivity index (χ0v) is 21.4. The number of nitrogens with two attached hydrogens (primary N) is 1. The molecule has 4 heterocycles. The van der Waals surface area contributed by atoms with Crippen molar-refractivity contribution in [2.75, 3.05) is 11.1 Å². The minimum atomic E-state index is -0.615.